The van der Waals surface area contributed by atoms with E-state index in [1.165, 1.54) is 58.2 Å². The minimum atomic E-state index is -1.26. The minimum absolute atomic E-state index is 0.558. The highest BCUT2D eigenvalue weighted by atomic mass is 16.4. The molecule has 0 spiro atoms. The molecule has 0 aromatic rings. The Labute approximate surface area is 128 Å². The van der Waals surface area contributed by atoms with Crippen LogP contribution >= 0.6 is 0 Å². The number of carboxylic acid groups (broad SMARTS) is 2. The number of nitrogens with zero attached hydrogens (tertiary/aromatic N) is 1. The van der Waals surface area contributed by atoms with Gasteiger partial charge in [-0.2, -0.15) is 0 Å². The molecule has 0 radical (unpaired) electrons. The molecular formula is C16H31NO4. The van der Waals surface area contributed by atoms with Crippen molar-refractivity contribution in [2.75, 3.05) is 19.6 Å². The van der Waals surface area contributed by atoms with Gasteiger partial charge in [0.05, 0.1) is 0 Å². The lowest BCUT2D eigenvalue weighted by molar-refractivity contribution is -0.134. The van der Waals surface area contributed by atoms with Crippen molar-refractivity contribution in [1.82, 2.24) is 4.90 Å². The van der Waals surface area contributed by atoms with Crippen LogP contribution < -0.4 is 0 Å². The third kappa shape index (κ3) is 21.1. The molecule has 5 heteroatoms. The fraction of sp³-hybridized carbons (Fsp3) is 0.750. The molecule has 0 aromatic heterocycles. The summed E-state index contributed by atoms with van der Waals surface area (Å²) in [5.41, 5.74) is 0. The van der Waals surface area contributed by atoms with Gasteiger partial charge in [-0.3, -0.25) is 0 Å². The van der Waals surface area contributed by atoms with Crippen molar-refractivity contribution in [3.05, 3.63) is 12.2 Å². The van der Waals surface area contributed by atoms with Crippen LogP contribution in [0.1, 0.15) is 59.3 Å². The van der Waals surface area contributed by atoms with Gasteiger partial charge in [-0.25, -0.2) is 9.59 Å². The zero-order valence-electron chi connectivity index (χ0n) is 13.7. The zero-order chi connectivity index (χ0) is 16.5. The molecule has 0 unspecified atom stereocenters. The first-order valence-corrected chi connectivity index (χ1v) is 7.84. The van der Waals surface area contributed by atoms with Crippen molar-refractivity contribution >= 4 is 11.9 Å². The van der Waals surface area contributed by atoms with Gasteiger partial charge >= 0.3 is 11.9 Å². The smallest absolute Gasteiger partial charge is 0.328 e. The molecule has 0 atom stereocenters. The van der Waals surface area contributed by atoms with E-state index in [0.717, 1.165) is 0 Å². The van der Waals surface area contributed by atoms with Gasteiger partial charge < -0.3 is 15.1 Å². The van der Waals surface area contributed by atoms with Gasteiger partial charge in [0, 0.05) is 12.2 Å². The molecule has 0 aromatic carbocycles. The van der Waals surface area contributed by atoms with Crippen molar-refractivity contribution in [1.29, 1.82) is 0 Å². The summed E-state index contributed by atoms with van der Waals surface area (Å²) in [4.78, 5) is 21.7. The van der Waals surface area contributed by atoms with E-state index in [4.69, 9.17) is 10.2 Å². The monoisotopic (exact) mass is 301 g/mol. The summed E-state index contributed by atoms with van der Waals surface area (Å²) in [6.07, 6.45) is 9.21. The van der Waals surface area contributed by atoms with Gasteiger partial charge in [-0.05, 0) is 38.9 Å². The predicted molar refractivity (Wildman–Crippen MR) is 85.6 cm³/mol. The van der Waals surface area contributed by atoms with Gasteiger partial charge in [0.15, 0.2) is 0 Å². The predicted octanol–water partition coefficient (Wildman–Crippen LogP) is 3.40. The van der Waals surface area contributed by atoms with Crippen molar-refractivity contribution < 1.29 is 19.8 Å². The topological polar surface area (TPSA) is 77.8 Å². The Kier molecular flexibility index (Phi) is 17.4. The second kappa shape index (κ2) is 16.7. The average molecular weight is 301 g/mol. The van der Waals surface area contributed by atoms with Crippen LogP contribution in [0.25, 0.3) is 0 Å². The molecule has 2 N–H and O–H groups in total. The Hall–Kier alpha value is -1.36. The molecule has 0 saturated heterocycles. The van der Waals surface area contributed by atoms with Gasteiger partial charge in [0.2, 0.25) is 0 Å². The van der Waals surface area contributed by atoms with E-state index >= 15 is 0 Å². The Morgan fingerprint density at radius 3 is 1.24 bits per heavy atom. The van der Waals surface area contributed by atoms with E-state index in [-0.39, 0.29) is 0 Å². The fourth-order valence-corrected chi connectivity index (χ4v) is 1.62. The molecule has 0 fully saturated rings. The molecule has 0 amide bonds. The average Bonchev–Trinajstić information content (AvgIpc) is 2.45. The first kappa shape index (κ1) is 21.9. The fourth-order valence-electron chi connectivity index (χ4n) is 1.62. The third-order valence-corrected chi connectivity index (χ3v) is 2.85. The van der Waals surface area contributed by atoms with E-state index in [0.29, 0.717) is 12.2 Å². The van der Waals surface area contributed by atoms with Crippen LogP contribution in [0.15, 0.2) is 12.2 Å². The van der Waals surface area contributed by atoms with Crippen molar-refractivity contribution in [3.63, 3.8) is 0 Å². The molecule has 21 heavy (non-hydrogen) atoms. The highest BCUT2D eigenvalue weighted by molar-refractivity contribution is 5.89. The van der Waals surface area contributed by atoms with E-state index in [1.54, 1.807) is 0 Å². The van der Waals surface area contributed by atoms with E-state index < -0.39 is 11.9 Å². The second-order valence-electron chi connectivity index (χ2n) is 4.91. The Balaban J connectivity index is 0. The maximum absolute atomic E-state index is 9.55. The number of hydrogen-bond acceptors (Lipinski definition) is 3. The Morgan fingerprint density at radius 2 is 1.05 bits per heavy atom. The molecule has 0 rings (SSSR count). The van der Waals surface area contributed by atoms with Crippen molar-refractivity contribution in [3.8, 4) is 0 Å². The summed E-state index contributed by atoms with van der Waals surface area (Å²) in [5, 5.41) is 15.6. The van der Waals surface area contributed by atoms with E-state index in [1.807, 2.05) is 0 Å². The van der Waals surface area contributed by atoms with Crippen molar-refractivity contribution in [2.24, 2.45) is 0 Å². The molecule has 124 valence electrons. The quantitative estimate of drug-likeness (QED) is 0.572. The number of carboxylic acids is 2. The number of rotatable bonds is 11. The van der Waals surface area contributed by atoms with Gasteiger partial charge in [0.25, 0.3) is 0 Å². The number of unbranched alkanes of at least 4 members (excludes halogenated alkanes) is 3. The zero-order valence-corrected chi connectivity index (χ0v) is 13.7. The molecule has 0 aliphatic heterocycles. The van der Waals surface area contributed by atoms with E-state index in [2.05, 4.69) is 25.7 Å². The summed E-state index contributed by atoms with van der Waals surface area (Å²) in [5.74, 6) is -2.51. The third-order valence-electron chi connectivity index (χ3n) is 2.85. The first-order chi connectivity index (χ1) is 9.97. The summed E-state index contributed by atoms with van der Waals surface area (Å²) in [6.45, 7) is 10.8. The number of carbonyl (C=O) groups is 2. The SMILES string of the molecule is CCCCN(CCCC)CCCC.O=C(O)/C=C\C(=O)O. The molecular weight excluding hydrogens is 270 g/mol. The van der Waals surface area contributed by atoms with Crippen LogP contribution in [0.4, 0.5) is 0 Å². The molecule has 0 heterocycles. The van der Waals surface area contributed by atoms with Crippen LogP contribution in [-0.4, -0.2) is 46.7 Å². The minimum Gasteiger partial charge on any atom is -0.478 e. The Morgan fingerprint density at radius 1 is 0.762 bits per heavy atom. The lowest BCUT2D eigenvalue weighted by Gasteiger charge is -2.21. The van der Waals surface area contributed by atoms with Crippen LogP contribution in [0.2, 0.25) is 0 Å². The molecule has 0 saturated carbocycles. The lowest BCUT2D eigenvalue weighted by Crippen LogP contribution is -2.27. The summed E-state index contributed by atoms with van der Waals surface area (Å²) in [6, 6.07) is 0. The molecule has 5 nitrogen and oxygen atoms in total. The largest absolute Gasteiger partial charge is 0.478 e. The van der Waals surface area contributed by atoms with Crippen molar-refractivity contribution in [2.45, 2.75) is 59.3 Å². The Bertz CT molecular complexity index is 255. The van der Waals surface area contributed by atoms with Crippen LogP contribution in [0, 0.1) is 0 Å². The summed E-state index contributed by atoms with van der Waals surface area (Å²) >= 11 is 0. The maximum atomic E-state index is 9.55. The van der Waals surface area contributed by atoms with Gasteiger partial charge in [0.1, 0.15) is 0 Å². The normalized spacial score (nSPS) is 10.5. The first-order valence-electron chi connectivity index (χ1n) is 7.84. The van der Waals surface area contributed by atoms with Crippen LogP contribution in [-0.2, 0) is 9.59 Å². The molecule has 0 bridgehead atoms. The van der Waals surface area contributed by atoms with Gasteiger partial charge in [-0.1, -0.05) is 40.0 Å². The summed E-state index contributed by atoms with van der Waals surface area (Å²) < 4.78 is 0. The van der Waals surface area contributed by atoms with Crippen LogP contribution in [0.5, 0.6) is 0 Å². The van der Waals surface area contributed by atoms with E-state index in [9.17, 15) is 9.59 Å². The highest BCUT2D eigenvalue weighted by Gasteiger charge is 2.01. The number of hydrogen-bond donors (Lipinski definition) is 2. The molecule has 0 aliphatic rings. The maximum Gasteiger partial charge on any atom is 0.328 e. The van der Waals surface area contributed by atoms with Gasteiger partial charge in [-0.15, -0.1) is 0 Å². The standard InChI is InChI=1S/C12H27N.C4H4O4/c1-4-7-10-13(11-8-5-2)12-9-6-3;5-3(6)1-2-4(7)8/h4-12H2,1-3H3;1-2H,(H,5,6)(H,7,8)/b;2-1-. The highest BCUT2D eigenvalue weighted by Crippen LogP contribution is 2.01. The summed E-state index contributed by atoms with van der Waals surface area (Å²) in [7, 11) is 0. The molecule has 0 aliphatic carbocycles. The van der Waals surface area contributed by atoms with Crippen LogP contribution in [0.3, 0.4) is 0 Å². The lowest BCUT2D eigenvalue weighted by atomic mass is 10.2. The number of aliphatic carboxylic acids is 2. The second-order valence-corrected chi connectivity index (χ2v) is 4.91.